The fourth-order valence-electron chi connectivity index (χ4n) is 3.54. The number of rotatable bonds is 7. The summed E-state index contributed by atoms with van der Waals surface area (Å²) in [4.78, 5) is 12.8. The highest BCUT2D eigenvalue weighted by atomic mass is 16.6. The molecular formula is C23H25N3O3. The summed E-state index contributed by atoms with van der Waals surface area (Å²) in [6.45, 7) is 3.08. The van der Waals surface area contributed by atoms with Crippen LogP contribution >= 0.6 is 0 Å². The van der Waals surface area contributed by atoms with Gasteiger partial charge in [0.25, 0.3) is 0 Å². The summed E-state index contributed by atoms with van der Waals surface area (Å²) in [5, 5.41) is 7.43. The third-order valence-corrected chi connectivity index (χ3v) is 5.04. The average Bonchev–Trinajstić information content (AvgIpc) is 3.29. The molecule has 0 saturated carbocycles. The average molecular weight is 391 g/mol. The summed E-state index contributed by atoms with van der Waals surface area (Å²) in [6.07, 6.45) is 4.65. The number of hydrogen-bond donors (Lipinski definition) is 1. The molecule has 0 fully saturated rings. The van der Waals surface area contributed by atoms with Gasteiger partial charge in [0.15, 0.2) is 11.5 Å². The third-order valence-electron chi connectivity index (χ3n) is 5.04. The minimum absolute atomic E-state index is 0.0104. The van der Waals surface area contributed by atoms with Gasteiger partial charge in [-0.2, -0.15) is 5.10 Å². The third kappa shape index (κ3) is 4.77. The molecule has 6 heteroatoms. The number of ether oxygens (including phenoxy) is 2. The van der Waals surface area contributed by atoms with Crippen molar-refractivity contribution in [2.45, 2.75) is 31.8 Å². The van der Waals surface area contributed by atoms with Crippen LogP contribution in [0.2, 0.25) is 0 Å². The molecule has 3 aromatic rings. The lowest BCUT2D eigenvalue weighted by Crippen LogP contribution is -2.31. The summed E-state index contributed by atoms with van der Waals surface area (Å²) in [6, 6.07) is 17.7. The van der Waals surface area contributed by atoms with Crippen LogP contribution in [0.1, 0.15) is 36.6 Å². The molecule has 4 rings (SSSR count). The van der Waals surface area contributed by atoms with E-state index in [1.54, 1.807) is 10.9 Å². The second kappa shape index (κ2) is 8.82. The molecule has 0 radical (unpaired) electrons. The highest BCUT2D eigenvalue weighted by Gasteiger charge is 2.20. The summed E-state index contributed by atoms with van der Waals surface area (Å²) in [7, 11) is 0. The molecule has 150 valence electrons. The van der Waals surface area contributed by atoms with Gasteiger partial charge in [0.2, 0.25) is 5.91 Å². The lowest BCUT2D eigenvalue weighted by atomic mass is 9.98. The van der Waals surface area contributed by atoms with Crippen molar-refractivity contribution < 1.29 is 14.3 Å². The van der Waals surface area contributed by atoms with Gasteiger partial charge in [0.05, 0.1) is 12.1 Å². The van der Waals surface area contributed by atoms with Crippen LogP contribution in [0.3, 0.4) is 0 Å². The second-order valence-corrected chi connectivity index (χ2v) is 7.25. The second-order valence-electron chi connectivity index (χ2n) is 7.25. The zero-order chi connectivity index (χ0) is 20.1. The van der Waals surface area contributed by atoms with E-state index in [1.807, 2.05) is 55.6 Å². The maximum atomic E-state index is 12.8. The van der Waals surface area contributed by atoms with Gasteiger partial charge in [-0.1, -0.05) is 36.4 Å². The van der Waals surface area contributed by atoms with E-state index in [9.17, 15) is 4.79 Å². The van der Waals surface area contributed by atoms with Crippen molar-refractivity contribution in [2.24, 2.45) is 0 Å². The van der Waals surface area contributed by atoms with E-state index in [1.165, 1.54) is 0 Å². The minimum atomic E-state index is -0.162. The first-order valence-corrected chi connectivity index (χ1v) is 9.91. The van der Waals surface area contributed by atoms with Crippen LogP contribution < -0.4 is 14.8 Å². The van der Waals surface area contributed by atoms with Crippen molar-refractivity contribution in [3.8, 4) is 11.5 Å². The van der Waals surface area contributed by atoms with Gasteiger partial charge in [-0.05, 0) is 42.7 Å². The van der Waals surface area contributed by atoms with Gasteiger partial charge in [0.1, 0.15) is 13.2 Å². The normalized spacial score (nSPS) is 14.8. The molecule has 0 spiro atoms. The summed E-state index contributed by atoms with van der Waals surface area (Å²) >= 11 is 0. The van der Waals surface area contributed by atoms with Crippen molar-refractivity contribution in [3.05, 3.63) is 78.1 Å². The summed E-state index contributed by atoms with van der Waals surface area (Å²) in [5.41, 5.74) is 2.16. The van der Waals surface area contributed by atoms with Crippen molar-refractivity contribution in [3.63, 3.8) is 0 Å². The molecule has 6 nitrogen and oxygen atoms in total. The van der Waals surface area contributed by atoms with E-state index >= 15 is 0 Å². The number of amides is 1. The number of carbonyl (C=O) groups excluding carboxylic acids is 1. The van der Waals surface area contributed by atoms with Gasteiger partial charge >= 0.3 is 0 Å². The Hall–Kier alpha value is -3.28. The Balaban J connectivity index is 1.52. The Morgan fingerprint density at radius 3 is 2.66 bits per heavy atom. The van der Waals surface area contributed by atoms with Crippen LogP contribution in [0.5, 0.6) is 11.5 Å². The Morgan fingerprint density at radius 2 is 1.90 bits per heavy atom. The molecule has 1 N–H and O–H groups in total. The van der Waals surface area contributed by atoms with Crippen LogP contribution in [-0.2, 0) is 11.2 Å². The summed E-state index contributed by atoms with van der Waals surface area (Å²) in [5.74, 6) is 1.46. The quantitative estimate of drug-likeness (QED) is 0.667. The van der Waals surface area contributed by atoms with Crippen molar-refractivity contribution >= 4 is 5.91 Å². The largest absolute Gasteiger partial charge is 0.486 e. The predicted molar refractivity (Wildman–Crippen MR) is 110 cm³/mol. The molecule has 2 atom stereocenters. The molecule has 1 aromatic heterocycles. The SMILES string of the molecule is C[C@H](CC(=O)N[C@@H](Cc1ccccc1)c1ccc2c(c1)OCCO2)n1cccn1. The van der Waals surface area contributed by atoms with E-state index < -0.39 is 0 Å². The summed E-state index contributed by atoms with van der Waals surface area (Å²) < 4.78 is 13.2. The minimum Gasteiger partial charge on any atom is -0.486 e. The molecule has 0 saturated heterocycles. The van der Waals surface area contributed by atoms with Gasteiger partial charge in [-0.3, -0.25) is 9.48 Å². The monoisotopic (exact) mass is 391 g/mol. The maximum Gasteiger partial charge on any atom is 0.222 e. The van der Waals surface area contributed by atoms with Crippen LogP contribution in [0.25, 0.3) is 0 Å². The topological polar surface area (TPSA) is 65.4 Å². The first-order valence-electron chi connectivity index (χ1n) is 9.91. The first kappa shape index (κ1) is 19.1. The first-order chi connectivity index (χ1) is 14.2. The van der Waals surface area contributed by atoms with Crippen LogP contribution in [-0.4, -0.2) is 28.9 Å². The molecule has 2 heterocycles. The number of nitrogens with one attached hydrogen (secondary N) is 1. The fourth-order valence-corrected chi connectivity index (χ4v) is 3.54. The smallest absolute Gasteiger partial charge is 0.222 e. The van der Waals surface area contributed by atoms with E-state index in [-0.39, 0.29) is 18.0 Å². The highest BCUT2D eigenvalue weighted by molar-refractivity contribution is 5.77. The number of carbonyl (C=O) groups is 1. The molecule has 29 heavy (non-hydrogen) atoms. The molecule has 0 unspecified atom stereocenters. The lowest BCUT2D eigenvalue weighted by Gasteiger charge is -2.24. The Labute approximate surface area is 170 Å². The molecule has 1 aliphatic rings. The molecule has 1 aliphatic heterocycles. The van der Waals surface area contributed by atoms with Crippen LogP contribution in [0.4, 0.5) is 0 Å². The van der Waals surface area contributed by atoms with Gasteiger partial charge < -0.3 is 14.8 Å². The Kier molecular flexibility index (Phi) is 5.79. The number of nitrogens with zero attached hydrogens (tertiary/aromatic N) is 2. The van der Waals surface area contributed by atoms with Gasteiger partial charge in [0, 0.05) is 18.8 Å². The van der Waals surface area contributed by atoms with Crippen LogP contribution in [0.15, 0.2) is 67.0 Å². The van der Waals surface area contributed by atoms with Crippen molar-refractivity contribution in [2.75, 3.05) is 13.2 Å². The lowest BCUT2D eigenvalue weighted by molar-refractivity contribution is -0.122. The number of aromatic nitrogens is 2. The maximum absolute atomic E-state index is 12.8. The molecule has 0 aliphatic carbocycles. The van der Waals surface area contributed by atoms with E-state index in [4.69, 9.17) is 9.47 Å². The zero-order valence-electron chi connectivity index (χ0n) is 16.5. The van der Waals surface area contributed by atoms with Crippen molar-refractivity contribution in [1.82, 2.24) is 15.1 Å². The van der Waals surface area contributed by atoms with Crippen molar-refractivity contribution in [1.29, 1.82) is 0 Å². The van der Waals surface area contributed by atoms with E-state index in [0.717, 1.165) is 22.6 Å². The predicted octanol–water partition coefficient (Wildman–Crippen LogP) is 3.71. The molecule has 0 bridgehead atoms. The van der Waals surface area contributed by atoms with E-state index in [2.05, 4.69) is 22.5 Å². The van der Waals surface area contributed by atoms with Gasteiger partial charge in [-0.25, -0.2) is 0 Å². The molecule has 1 amide bonds. The number of hydrogen-bond acceptors (Lipinski definition) is 4. The van der Waals surface area contributed by atoms with Crippen LogP contribution in [0, 0.1) is 0 Å². The number of benzene rings is 2. The standard InChI is InChI=1S/C23H25N3O3/c1-17(26-11-5-10-24-26)14-23(27)25-20(15-18-6-3-2-4-7-18)19-8-9-21-22(16-19)29-13-12-28-21/h2-11,16-17,20H,12-15H2,1H3,(H,25,27)/t17-,20+/m1/s1. The highest BCUT2D eigenvalue weighted by Crippen LogP contribution is 2.33. The Morgan fingerprint density at radius 1 is 1.10 bits per heavy atom. The Bertz CT molecular complexity index is 941. The zero-order valence-corrected chi connectivity index (χ0v) is 16.5. The molecular weight excluding hydrogens is 366 g/mol. The molecule has 2 aromatic carbocycles. The fraction of sp³-hybridized carbons (Fsp3) is 0.304. The van der Waals surface area contributed by atoms with E-state index in [0.29, 0.717) is 26.1 Å². The number of fused-ring (bicyclic) bond motifs is 1. The van der Waals surface area contributed by atoms with Gasteiger partial charge in [-0.15, -0.1) is 0 Å².